The normalized spacial score (nSPS) is 18.4. The van der Waals surface area contributed by atoms with Crippen LogP contribution in [0.2, 0.25) is 0 Å². The van der Waals surface area contributed by atoms with Gasteiger partial charge in [-0.15, -0.1) is 0 Å². The fraction of sp³-hybridized carbons (Fsp3) is 0.611. The van der Waals surface area contributed by atoms with Gasteiger partial charge in [-0.25, -0.2) is 0 Å². The first-order chi connectivity index (χ1) is 10.1. The van der Waals surface area contributed by atoms with E-state index in [1.807, 2.05) is 19.1 Å². The van der Waals surface area contributed by atoms with E-state index in [0.29, 0.717) is 0 Å². The predicted octanol–water partition coefficient (Wildman–Crippen LogP) is 3.45. The molecule has 1 aliphatic heterocycles. The molecule has 0 aliphatic carbocycles. The van der Waals surface area contributed by atoms with Gasteiger partial charge in [0.25, 0.3) is 5.91 Å². The zero-order chi connectivity index (χ0) is 15.2. The summed E-state index contributed by atoms with van der Waals surface area (Å²) < 4.78 is 0. The van der Waals surface area contributed by atoms with Crippen LogP contribution < -0.4 is 5.32 Å². The molecule has 1 heterocycles. The standard InChI is InChI=1S/C18H28N2O/c1-4-15(3)19-18(21)17-7-5-16(6-8-17)13-20-11-9-14(2)10-12-20/h5-8,14-15H,4,9-13H2,1-3H3,(H,19,21). The number of hydrogen-bond donors (Lipinski definition) is 1. The Labute approximate surface area is 128 Å². The minimum atomic E-state index is 0.0303. The summed E-state index contributed by atoms with van der Waals surface area (Å²) in [6, 6.07) is 8.29. The molecule has 1 aromatic rings. The maximum absolute atomic E-state index is 12.0. The van der Waals surface area contributed by atoms with Crippen molar-refractivity contribution in [2.75, 3.05) is 13.1 Å². The Balaban J connectivity index is 1.88. The summed E-state index contributed by atoms with van der Waals surface area (Å²) in [7, 11) is 0. The van der Waals surface area contributed by atoms with Crippen LogP contribution >= 0.6 is 0 Å². The fourth-order valence-corrected chi connectivity index (χ4v) is 2.65. The van der Waals surface area contributed by atoms with E-state index in [2.05, 4.69) is 36.2 Å². The Hall–Kier alpha value is -1.35. The van der Waals surface area contributed by atoms with Crippen LogP contribution in [-0.2, 0) is 6.54 Å². The van der Waals surface area contributed by atoms with Crippen molar-refractivity contribution in [3.63, 3.8) is 0 Å². The van der Waals surface area contributed by atoms with E-state index in [4.69, 9.17) is 0 Å². The maximum atomic E-state index is 12.0. The highest BCUT2D eigenvalue weighted by atomic mass is 16.1. The van der Waals surface area contributed by atoms with Crippen molar-refractivity contribution < 1.29 is 4.79 Å². The molecule has 0 saturated carbocycles. The highest BCUT2D eigenvalue weighted by Crippen LogP contribution is 2.18. The Morgan fingerprint density at radius 1 is 1.29 bits per heavy atom. The van der Waals surface area contributed by atoms with Gasteiger partial charge >= 0.3 is 0 Å². The number of nitrogens with zero attached hydrogens (tertiary/aromatic N) is 1. The summed E-state index contributed by atoms with van der Waals surface area (Å²) >= 11 is 0. The molecule has 0 aromatic heterocycles. The van der Waals surface area contributed by atoms with Gasteiger partial charge in [0.1, 0.15) is 0 Å². The molecule has 0 spiro atoms. The Morgan fingerprint density at radius 2 is 1.90 bits per heavy atom. The van der Waals surface area contributed by atoms with Gasteiger partial charge in [-0.1, -0.05) is 26.0 Å². The van der Waals surface area contributed by atoms with Gasteiger partial charge in [-0.2, -0.15) is 0 Å². The molecule has 1 amide bonds. The highest BCUT2D eigenvalue weighted by Gasteiger charge is 2.15. The molecule has 3 heteroatoms. The van der Waals surface area contributed by atoms with Crippen LogP contribution in [0.4, 0.5) is 0 Å². The number of rotatable bonds is 5. The van der Waals surface area contributed by atoms with Crippen LogP contribution in [0.3, 0.4) is 0 Å². The van der Waals surface area contributed by atoms with Gasteiger partial charge < -0.3 is 5.32 Å². The average molecular weight is 288 g/mol. The first kappa shape index (κ1) is 16.0. The number of likely N-dealkylation sites (tertiary alicyclic amines) is 1. The molecule has 1 atom stereocenters. The molecule has 1 saturated heterocycles. The Kier molecular flexibility index (Phi) is 5.80. The minimum absolute atomic E-state index is 0.0303. The molecule has 21 heavy (non-hydrogen) atoms. The van der Waals surface area contributed by atoms with Crippen molar-refractivity contribution in [3.05, 3.63) is 35.4 Å². The smallest absolute Gasteiger partial charge is 0.251 e. The Morgan fingerprint density at radius 3 is 2.48 bits per heavy atom. The van der Waals surface area contributed by atoms with E-state index in [-0.39, 0.29) is 11.9 Å². The van der Waals surface area contributed by atoms with Crippen LogP contribution in [0.1, 0.15) is 56.0 Å². The highest BCUT2D eigenvalue weighted by molar-refractivity contribution is 5.94. The SMILES string of the molecule is CCC(C)NC(=O)c1ccc(CN2CCC(C)CC2)cc1. The minimum Gasteiger partial charge on any atom is -0.350 e. The molecule has 2 rings (SSSR count). The maximum Gasteiger partial charge on any atom is 0.251 e. The third kappa shape index (κ3) is 4.85. The van der Waals surface area contributed by atoms with Crippen LogP contribution in [0.25, 0.3) is 0 Å². The van der Waals surface area contributed by atoms with Gasteiger partial charge in [0, 0.05) is 18.2 Å². The van der Waals surface area contributed by atoms with Crippen molar-refractivity contribution >= 4 is 5.91 Å². The van der Waals surface area contributed by atoms with Crippen LogP contribution in [0.5, 0.6) is 0 Å². The van der Waals surface area contributed by atoms with Crippen molar-refractivity contribution in [2.24, 2.45) is 5.92 Å². The molecule has 1 N–H and O–H groups in total. The molecule has 3 nitrogen and oxygen atoms in total. The summed E-state index contributed by atoms with van der Waals surface area (Å²) in [5, 5.41) is 3.00. The van der Waals surface area contributed by atoms with Crippen LogP contribution in [0, 0.1) is 5.92 Å². The van der Waals surface area contributed by atoms with E-state index in [9.17, 15) is 4.79 Å². The van der Waals surface area contributed by atoms with Crippen LogP contribution in [-0.4, -0.2) is 29.9 Å². The van der Waals surface area contributed by atoms with Gasteiger partial charge in [0.2, 0.25) is 0 Å². The molecule has 1 fully saturated rings. The third-order valence-electron chi connectivity index (χ3n) is 4.49. The summed E-state index contributed by atoms with van der Waals surface area (Å²) in [6.45, 7) is 9.83. The number of amides is 1. The summed E-state index contributed by atoms with van der Waals surface area (Å²) in [4.78, 5) is 14.5. The summed E-state index contributed by atoms with van der Waals surface area (Å²) in [6.07, 6.45) is 3.56. The number of benzene rings is 1. The second-order valence-electron chi connectivity index (χ2n) is 6.44. The number of nitrogens with one attached hydrogen (secondary N) is 1. The van der Waals surface area contributed by atoms with Gasteiger partial charge in [0.05, 0.1) is 0 Å². The monoisotopic (exact) mass is 288 g/mol. The third-order valence-corrected chi connectivity index (χ3v) is 4.49. The van der Waals surface area contributed by atoms with Gasteiger partial charge in [-0.3, -0.25) is 9.69 Å². The lowest BCUT2D eigenvalue weighted by atomic mass is 9.99. The molecule has 0 radical (unpaired) electrons. The summed E-state index contributed by atoms with van der Waals surface area (Å²) in [5.41, 5.74) is 2.05. The van der Waals surface area contributed by atoms with Crippen LogP contribution in [0.15, 0.2) is 24.3 Å². The largest absolute Gasteiger partial charge is 0.350 e. The predicted molar refractivity (Wildman–Crippen MR) is 87.3 cm³/mol. The van der Waals surface area contributed by atoms with Crippen molar-refractivity contribution in [1.29, 1.82) is 0 Å². The lowest BCUT2D eigenvalue weighted by Gasteiger charge is -2.30. The van der Waals surface area contributed by atoms with Crippen molar-refractivity contribution in [2.45, 2.75) is 52.6 Å². The fourth-order valence-electron chi connectivity index (χ4n) is 2.65. The molecular weight excluding hydrogens is 260 g/mol. The van der Waals surface area contributed by atoms with E-state index in [0.717, 1.165) is 24.4 Å². The molecule has 0 bridgehead atoms. The molecule has 1 unspecified atom stereocenters. The first-order valence-electron chi connectivity index (χ1n) is 8.20. The first-order valence-corrected chi connectivity index (χ1v) is 8.20. The molecular formula is C18H28N2O. The number of carbonyl (C=O) groups excluding carboxylic acids is 1. The van der Waals surface area contributed by atoms with Crippen molar-refractivity contribution in [3.8, 4) is 0 Å². The van der Waals surface area contributed by atoms with E-state index in [1.54, 1.807) is 0 Å². The topological polar surface area (TPSA) is 32.3 Å². The lowest BCUT2D eigenvalue weighted by molar-refractivity contribution is 0.0939. The molecule has 116 valence electrons. The number of carbonyl (C=O) groups is 1. The van der Waals surface area contributed by atoms with E-state index < -0.39 is 0 Å². The van der Waals surface area contributed by atoms with E-state index >= 15 is 0 Å². The van der Waals surface area contributed by atoms with Gasteiger partial charge in [-0.05, 0) is 62.9 Å². The molecule has 1 aromatic carbocycles. The summed E-state index contributed by atoms with van der Waals surface area (Å²) in [5.74, 6) is 0.899. The lowest BCUT2D eigenvalue weighted by Crippen LogP contribution is -2.32. The van der Waals surface area contributed by atoms with E-state index in [1.165, 1.54) is 31.5 Å². The zero-order valence-electron chi connectivity index (χ0n) is 13.6. The zero-order valence-corrected chi connectivity index (χ0v) is 13.6. The van der Waals surface area contributed by atoms with Crippen molar-refractivity contribution in [1.82, 2.24) is 10.2 Å². The average Bonchev–Trinajstić information content (AvgIpc) is 2.50. The Bertz CT molecular complexity index is 447. The number of piperidine rings is 1. The second kappa shape index (κ2) is 7.60. The second-order valence-corrected chi connectivity index (χ2v) is 6.44. The molecule has 1 aliphatic rings. The quantitative estimate of drug-likeness (QED) is 0.900. The number of hydrogen-bond acceptors (Lipinski definition) is 2. The van der Waals surface area contributed by atoms with Gasteiger partial charge in [0.15, 0.2) is 0 Å².